The Hall–Kier alpha value is -0.970. The average molecular weight is 274 g/mol. The molecule has 2 N–H and O–H groups in total. The molecule has 2 aromatic rings. The van der Waals surface area contributed by atoms with E-state index in [1.165, 1.54) is 23.5 Å². The SMILES string of the molecule is Cc1csc(C(N)c2cccc(F)c2F)c1Cl. The molecule has 1 nitrogen and oxygen atoms in total. The predicted octanol–water partition coefficient (Wildman–Crippen LogP) is 4.04. The average Bonchev–Trinajstić information content (AvgIpc) is 2.63. The maximum absolute atomic E-state index is 13.6. The largest absolute Gasteiger partial charge is 0.319 e. The van der Waals surface area contributed by atoms with Crippen LogP contribution in [0.15, 0.2) is 23.6 Å². The summed E-state index contributed by atoms with van der Waals surface area (Å²) in [5.74, 6) is -1.82. The molecular weight excluding hydrogens is 264 g/mol. The third kappa shape index (κ3) is 2.20. The highest BCUT2D eigenvalue weighted by atomic mass is 35.5. The maximum Gasteiger partial charge on any atom is 0.163 e. The lowest BCUT2D eigenvalue weighted by atomic mass is 10.0. The van der Waals surface area contributed by atoms with Crippen LogP contribution < -0.4 is 5.73 Å². The van der Waals surface area contributed by atoms with E-state index in [-0.39, 0.29) is 5.56 Å². The summed E-state index contributed by atoms with van der Waals surface area (Å²) in [4.78, 5) is 0.647. The van der Waals surface area contributed by atoms with Crippen molar-refractivity contribution in [3.05, 3.63) is 56.2 Å². The van der Waals surface area contributed by atoms with Crippen LogP contribution in [0.5, 0.6) is 0 Å². The Labute approximate surface area is 107 Å². The summed E-state index contributed by atoms with van der Waals surface area (Å²) in [6.45, 7) is 1.84. The molecule has 0 aliphatic heterocycles. The first-order valence-corrected chi connectivity index (χ1v) is 6.21. The van der Waals surface area contributed by atoms with Gasteiger partial charge in [0.2, 0.25) is 0 Å². The third-order valence-corrected chi connectivity index (χ3v) is 4.32. The highest BCUT2D eigenvalue weighted by Gasteiger charge is 2.20. The minimum atomic E-state index is -0.915. The lowest BCUT2D eigenvalue weighted by Gasteiger charge is -2.12. The van der Waals surface area contributed by atoms with E-state index in [9.17, 15) is 8.78 Å². The van der Waals surface area contributed by atoms with Gasteiger partial charge in [-0.15, -0.1) is 11.3 Å². The van der Waals surface area contributed by atoms with Crippen LogP contribution in [-0.4, -0.2) is 0 Å². The monoisotopic (exact) mass is 273 g/mol. The van der Waals surface area contributed by atoms with Gasteiger partial charge in [0, 0.05) is 10.4 Å². The molecule has 0 saturated heterocycles. The van der Waals surface area contributed by atoms with Crippen LogP contribution in [0.1, 0.15) is 22.0 Å². The lowest BCUT2D eigenvalue weighted by Crippen LogP contribution is -2.13. The number of hydrogen-bond donors (Lipinski definition) is 1. The Morgan fingerprint density at radius 3 is 2.65 bits per heavy atom. The van der Waals surface area contributed by atoms with E-state index in [4.69, 9.17) is 17.3 Å². The van der Waals surface area contributed by atoms with Crippen molar-refractivity contribution in [2.75, 3.05) is 0 Å². The fourth-order valence-electron chi connectivity index (χ4n) is 1.56. The number of benzene rings is 1. The number of hydrogen-bond acceptors (Lipinski definition) is 2. The van der Waals surface area contributed by atoms with E-state index < -0.39 is 17.7 Å². The van der Waals surface area contributed by atoms with E-state index in [1.807, 2.05) is 12.3 Å². The normalized spacial score (nSPS) is 12.8. The van der Waals surface area contributed by atoms with Gasteiger partial charge in [0.05, 0.1) is 11.1 Å². The lowest BCUT2D eigenvalue weighted by molar-refractivity contribution is 0.495. The van der Waals surface area contributed by atoms with Crippen molar-refractivity contribution in [2.45, 2.75) is 13.0 Å². The van der Waals surface area contributed by atoms with Crippen molar-refractivity contribution in [1.29, 1.82) is 0 Å². The van der Waals surface area contributed by atoms with Crippen LogP contribution in [0.3, 0.4) is 0 Å². The number of nitrogens with two attached hydrogens (primary N) is 1. The fourth-order valence-corrected chi connectivity index (χ4v) is 2.89. The van der Waals surface area contributed by atoms with E-state index >= 15 is 0 Å². The Kier molecular flexibility index (Phi) is 3.47. The zero-order valence-electron chi connectivity index (χ0n) is 9.01. The smallest absolute Gasteiger partial charge is 0.163 e. The third-order valence-electron chi connectivity index (χ3n) is 2.52. The second kappa shape index (κ2) is 4.72. The second-order valence-corrected chi connectivity index (χ2v) is 5.01. The number of aryl methyl sites for hydroxylation is 1. The van der Waals surface area contributed by atoms with Crippen molar-refractivity contribution in [2.24, 2.45) is 5.73 Å². The van der Waals surface area contributed by atoms with Gasteiger partial charge in [0.1, 0.15) is 0 Å². The fraction of sp³-hybridized carbons (Fsp3) is 0.167. The van der Waals surface area contributed by atoms with Crippen LogP contribution in [0, 0.1) is 18.6 Å². The summed E-state index contributed by atoms with van der Waals surface area (Å²) in [5.41, 5.74) is 6.93. The summed E-state index contributed by atoms with van der Waals surface area (Å²) in [7, 11) is 0. The summed E-state index contributed by atoms with van der Waals surface area (Å²) in [6.07, 6.45) is 0. The van der Waals surface area contributed by atoms with Gasteiger partial charge in [-0.1, -0.05) is 23.7 Å². The molecule has 0 amide bonds. The molecule has 17 heavy (non-hydrogen) atoms. The van der Waals surface area contributed by atoms with Gasteiger partial charge in [0.25, 0.3) is 0 Å². The summed E-state index contributed by atoms with van der Waals surface area (Å²) < 4.78 is 26.7. The van der Waals surface area contributed by atoms with Gasteiger partial charge in [-0.2, -0.15) is 0 Å². The molecule has 1 aromatic carbocycles. The highest BCUT2D eigenvalue weighted by Crippen LogP contribution is 2.35. The van der Waals surface area contributed by atoms with Crippen LogP contribution in [0.4, 0.5) is 8.78 Å². The Balaban J connectivity index is 2.47. The molecule has 1 aromatic heterocycles. The topological polar surface area (TPSA) is 26.0 Å². The standard InChI is InChI=1S/C12H10ClF2NS/c1-6-5-17-12(9(6)13)11(16)7-3-2-4-8(14)10(7)15/h2-5,11H,16H2,1H3. The zero-order chi connectivity index (χ0) is 12.6. The van der Waals surface area contributed by atoms with Gasteiger partial charge in [-0.25, -0.2) is 8.78 Å². The predicted molar refractivity (Wildman–Crippen MR) is 66.5 cm³/mol. The van der Waals surface area contributed by atoms with Crippen LogP contribution in [0.2, 0.25) is 5.02 Å². The number of rotatable bonds is 2. The molecular formula is C12H10ClF2NS. The van der Waals surface area contributed by atoms with E-state index in [0.29, 0.717) is 9.90 Å². The second-order valence-electron chi connectivity index (χ2n) is 3.72. The molecule has 1 unspecified atom stereocenters. The van der Waals surface area contributed by atoms with E-state index in [2.05, 4.69) is 0 Å². The van der Waals surface area contributed by atoms with E-state index in [1.54, 1.807) is 0 Å². The Morgan fingerprint density at radius 2 is 2.06 bits per heavy atom. The number of halogens is 3. The molecule has 0 radical (unpaired) electrons. The summed E-state index contributed by atoms with van der Waals surface area (Å²) in [6, 6.07) is 3.22. The Morgan fingerprint density at radius 1 is 1.35 bits per heavy atom. The summed E-state index contributed by atoms with van der Waals surface area (Å²) in [5, 5.41) is 2.36. The minimum absolute atomic E-state index is 0.119. The van der Waals surface area contributed by atoms with E-state index in [0.717, 1.165) is 11.6 Å². The Bertz CT molecular complexity index is 553. The highest BCUT2D eigenvalue weighted by molar-refractivity contribution is 7.10. The molecule has 1 atom stereocenters. The summed E-state index contributed by atoms with van der Waals surface area (Å²) >= 11 is 7.41. The van der Waals surface area contributed by atoms with Crippen molar-refractivity contribution < 1.29 is 8.78 Å². The van der Waals surface area contributed by atoms with Gasteiger partial charge in [-0.3, -0.25) is 0 Å². The van der Waals surface area contributed by atoms with Crippen molar-refractivity contribution in [1.82, 2.24) is 0 Å². The molecule has 5 heteroatoms. The van der Waals surface area contributed by atoms with Gasteiger partial charge < -0.3 is 5.73 Å². The van der Waals surface area contributed by atoms with Crippen molar-refractivity contribution >= 4 is 22.9 Å². The van der Waals surface area contributed by atoms with Crippen LogP contribution >= 0.6 is 22.9 Å². The molecule has 0 saturated carbocycles. The van der Waals surface area contributed by atoms with Gasteiger partial charge in [0.15, 0.2) is 11.6 Å². The molecule has 90 valence electrons. The van der Waals surface area contributed by atoms with Gasteiger partial charge >= 0.3 is 0 Å². The first kappa shape index (κ1) is 12.5. The molecule has 0 bridgehead atoms. The van der Waals surface area contributed by atoms with Crippen LogP contribution in [0.25, 0.3) is 0 Å². The molecule has 0 aliphatic rings. The van der Waals surface area contributed by atoms with Crippen LogP contribution in [-0.2, 0) is 0 Å². The molecule has 0 fully saturated rings. The van der Waals surface area contributed by atoms with Crippen molar-refractivity contribution in [3.63, 3.8) is 0 Å². The molecule has 1 heterocycles. The zero-order valence-corrected chi connectivity index (χ0v) is 10.6. The number of thiophene rings is 1. The first-order valence-electron chi connectivity index (χ1n) is 4.95. The van der Waals surface area contributed by atoms with Gasteiger partial charge in [-0.05, 0) is 23.9 Å². The van der Waals surface area contributed by atoms with Crippen molar-refractivity contribution in [3.8, 4) is 0 Å². The molecule has 0 aliphatic carbocycles. The quantitative estimate of drug-likeness (QED) is 0.878. The molecule has 0 spiro atoms. The first-order chi connectivity index (χ1) is 8.02. The molecule has 2 rings (SSSR count). The maximum atomic E-state index is 13.6. The minimum Gasteiger partial charge on any atom is -0.319 e.